The van der Waals surface area contributed by atoms with Gasteiger partial charge in [-0.15, -0.1) is 0 Å². The monoisotopic (exact) mass is 432 g/mol. The number of amides is 1. The van der Waals surface area contributed by atoms with E-state index in [-0.39, 0.29) is 28.6 Å². The predicted molar refractivity (Wildman–Crippen MR) is 110 cm³/mol. The van der Waals surface area contributed by atoms with Crippen LogP contribution in [-0.2, 0) is 6.54 Å². The van der Waals surface area contributed by atoms with E-state index in [1.807, 2.05) is 0 Å². The molecule has 30 heavy (non-hydrogen) atoms. The molecule has 8 nitrogen and oxygen atoms in total. The Hall–Kier alpha value is -3.46. The molecule has 0 aliphatic rings. The second-order valence-corrected chi connectivity index (χ2v) is 6.94. The molecule has 0 aliphatic heterocycles. The molecule has 3 aromatic rings. The van der Waals surface area contributed by atoms with Crippen molar-refractivity contribution >= 4 is 28.9 Å². The molecule has 0 fully saturated rings. The molecule has 1 aromatic heterocycles. The van der Waals surface area contributed by atoms with Crippen LogP contribution < -0.4 is 10.1 Å². The Balaban J connectivity index is 1.86. The van der Waals surface area contributed by atoms with Crippen LogP contribution in [0.1, 0.15) is 27.3 Å². The van der Waals surface area contributed by atoms with Gasteiger partial charge < -0.3 is 10.1 Å². The first-order chi connectivity index (χ1) is 14.2. The number of nitro benzene ring substituents is 1. The minimum absolute atomic E-state index is 0.0629. The zero-order valence-electron chi connectivity index (χ0n) is 16.4. The van der Waals surface area contributed by atoms with E-state index in [1.54, 1.807) is 24.6 Å². The quantitative estimate of drug-likeness (QED) is 0.456. The van der Waals surface area contributed by atoms with Crippen LogP contribution in [0.3, 0.4) is 0 Å². The topological polar surface area (TPSA) is 99.3 Å². The maximum Gasteiger partial charge on any atom is 0.311 e. The molecule has 1 N–H and O–H groups in total. The largest absolute Gasteiger partial charge is 0.490 e. The number of benzene rings is 2. The lowest BCUT2D eigenvalue weighted by atomic mass is 10.1. The molecule has 156 valence electrons. The van der Waals surface area contributed by atoms with Crippen LogP contribution in [0.25, 0.3) is 0 Å². The van der Waals surface area contributed by atoms with E-state index in [2.05, 4.69) is 10.4 Å². The van der Waals surface area contributed by atoms with Gasteiger partial charge in [-0.1, -0.05) is 17.7 Å². The minimum Gasteiger partial charge on any atom is -0.490 e. The SMILES string of the molecule is COc1ccc(C(=O)Nc2c(C)nn(Cc3ccc(F)cc3Cl)c2C)cc1[N+](=O)[O-]. The maximum absolute atomic E-state index is 13.3. The lowest BCUT2D eigenvalue weighted by Gasteiger charge is -2.09. The van der Waals surface area contributed by atoms with Gasteiger partial charge in [-0.05, 0) is 43.7 Å². The summed E-state index contributed by atoms with van der Waals surface area (Å²) in [6.45, 7) is 3.78. The maximum atomic E-state index is 13.3. The van der Waals surface area contributed by atoms with Gasteiger partial charge in [0.15, 0.2) is 5.75 Å². The van der Waals surface area contributed by atoms with Gasteiger partial charge in [-0.25, -0.2) is 4.39 Å². The normalized spacial score (nSPS) is 10.7. The van der Waals surface area contributed by atoms with Crippen molar-refractivity contribution in [1.29, 1.82) is 0 Å². The van der Waals surface area contributed by atoms with Crippen LogP contribution in [0.15, 0.2) is 36.4 Å². The molecular formula is C20H18ClFN4O4. The summed E-state index contributed by atoms with van der Waals surface area (Å²) < 4.78 is 19.9. The highest BCUT2D eigenvalue weighted by Crippen LogP contribution is 2.29. The van der Waals surface area contributed by atoms with Crippen molar-refractivity contribution < 1.29 is 18.8 Å². The van der Waals surface area contributed by atoms with Crippen LogP contribution in [0, 0.1) is 29.8 Å². The van der Waals surface area contributed by atoms with E-state index in [9.17, 15) is 19.3 Å². The minimum atomic E-state index is -0.615. The van der Waals surface area contributed by atoms with Gasteiger partial charge in [0.05, 0.1) is 35.7 Å². The van der Waals surface area contributed by atoms with Crippen LogP contribution in [-0.4, -0.2) is 27.7 Å². The highest BCUT2D eigenvalue weighted by Gasteiger charge is 2.20. The van der Waals surface area contributed by atoms with Crippen LogP contribution in [0.2, 0.25) is 5.02 Å². The van der Waals surface area contributed by atoms with Crippen molar-refractivity contribution in [2.75, 3.05) is 12.4 Å². The van der Waals surface area contributed by atoms with Gasteiger partial charge in [0.2, 0.25) is 0 Å². The number of aryl methyl sites for hydroxylation is 1. The Morgan fingerprint density at radius 2 is 2.03 bits per heavy atom. The lowest BCUT2D eigenvalue weighted by molar-refractivity contribution is -0.385. The number of hydrogen-bond donors (Lipinski definition) is 1. The predicted octanol–water partition coefficient (Wildman–Crippen LogP) is 4.51. The number of hydrogen-bond acceptors (Lipinski definition) is 5. The Labute approximate surface area is 176 Å². The summed E-state index contributed by atoms with van der Waals surface area (Å²) in [5, 5.41) is 18.6. The summed E-state index contributed by atoms with van der Waals surface area (Å²) in [5.41, 5.74) is 2.17. The molecule has 0 atom stereocenters. The molecule has 10 heteroatoms. The Bertz CT molecular complexity index is 1150. The van der Waals surface area contributed by atoms with Crippen LogP contribution >= 0.6 is 11.6 Å². The average molecular weight is 433 g/mol. The van der Waals surface area contributed by atoms with Crippen molar-refractivity contribution in [3.05, 3.63) is 79.9 Å². The molecule has 0 unspecified atom stereocenters. The second kappa shape index (κ2) is 8.50. The van der Waals surface area contributed by atoms with Gasteiger partial charge in [0.1, 0.15) is 5.82 Å². The van der Waals surface area contributed by atoms with E-state index < -0.39 is 16.6 Å². The molecule has 0 radical (unpaired) electrons. The summed E-state index contributed by atoms with van der Waals surface area (Å²) in [5.74, 6) is -0.891. The summed E-state index contributed by atoms with van der Waals surface area (Å²) in [6, 6.07) is 8.07. The van der Waals surface area contributed by atoms with Gasteiger partial charge >= 0.3 is 5.69 Å². The third kappa shape index (κ3) is 4.25. The third-order valence-corrected chi connectivity index (χ3v) is 4.94. The molecule has 1 heterocycles. The average Bonchev–Trinajstić information content (AvgIpc) is 2.96. The van der Waals surface area contributed by atoms with Crippen molar-refractivity contribution in [3.63, 3.8) is 0 Å². The van der Waals surface area contributed by atoms with Crippen LogP contribution in [0.5, 0.6) is 5.75 Å². The molecule has 0 aliphatic carbocycles. The number of ether oxygens (including phenoxy) is 1. The zero-order chi connectivity index (χ0) is 22.0. The van der Waals surface area contributed by atoms with Crippen molar-refractivity contribution in [2.24, 2.45) is 0 Å². The number of methoxy groups -OCH3 is 1. The first-order valence-electron chi connectivity index (χ1n) is 8.83. The van der Waals surface area contributed by atoms with Gasteiger partial charge in [-0.3, -0.25) is 19.6 Å². The molecule has 3 rings (SSSR count). The first kappa shape index (κ1) is 21.3. The molecule has 0 saturated carbocycles. The van der Waals surface area contributed by atoms with Crippen molar-refractivity contribution in [2.45, 2.75) is 20.4 Å². The fourth-order valence-corrected chi connectivity index (χ4v) is 3.23. The molecular weight excluding hydrogens is 415 g/mol. The summed E-state index contributed by atoms with van der Waals surface area (Å²) in [4.78, 5) is 23.3. The van der Waals surface area contributed by atoms with Gasteiger partial charge in [0, 0.05) is 16.7 Å². The number of halogens is 2. The fraction of sp³-hybridized carbons (Fsp3) is 0.200. The van der Waals surface area contributed by atoms with E-state index >= 15 is 0 Å². The summed E-state index contributed by atoms with van der Waals surface area (Å²) in [7, 11) is 1.32. The van der Waals surface area contributed by atoms with Gasteiger partial charge in [-0.2, -0.15) is 5.10 Å². The first-order valence-corrected chi connectivity index (χ1v) is 9.20. The van der Waals surface area contributed by atoms with Crippen molar-refractivity contribution in [3.8, 4) is 5.75 Å². The Morgan fingerprint density at radius 1 is 1.30 bits per heavy atom. The fourth-order valence-electron chi connectivity index (χ4n) is 3.00. The van der Waals surface area contributed by atoms with E-state index in [4.69, 9.17) is 16.3 Å². The van der Waals surface area contributed by atoms with E-state index in [0.717, 1.165) is 6.07 Å². The summed E-state index contributed by atoms with van der Waals surface area (Å²) >= 11 is 6.09. The Morgan fingerprint density at radius 3 is 2.67 bits per heavy atom. The second-order valence-electron chi connectivity index (χ2n) is 6.54. The zero-order valence-corrected chi connectivity index (χ0v) is 17.2. The number of aromatic nitrogens is 2. The number of nitro groups is 1. The number of nitrogens with one attached hydrogen (secondary N) is 1. The van der Waals surface area contributed by atoms with Gasteiger partial charge in [0.25, 0.3) is 5.91 Å². The number of carbonyl (C=O) groups is 1. The molecule has 1 amide bonds. The number of rotatable bonds is 6. The standard InChI is InChI=1S/C20H18ClFN4O4/c1-11-19(12(2)25(24-11)10-14-4-6-15(22)9-16(14)21)23-20(27)13-5-7-18(30-3)17(8-13)26(28)29/h4-9H,10H2,1-3H3,(H,23,27). The number of carbonyl (C=O) groups excluding carboxylic acids is 1. The summed E-state index contributed by atoms with van der Waals surface area (Å²) in [6.07, 6.45) is 0. The molecule has 0 spiro atoms. The number of nitrogens with zero attached hydrogens (tertiary/aromatic N) is 3. The molecule has 0 bridgehead atoms. The highest BCUT2D eigenvalue weighted by molar-refractivity contribution is 6.31. The smallest absolute Gasteiger partial charge is 0.311 e. The molecule has 2 aromatic carbocycles. The van der Waals surface area contributed by atoms with Crippen LogP contribution in [0.4, 0.5) is 15.8 Å². The van der Waals surface area contributed by atoms with Crippen molar-refractivity contribution in [1.82, 2.24) is 9.78 Å². The lowest BCUT2D eigenvalue weighted by Crippen LogP contribution is -2.14. The number of anilines is 1. The Kier molecular flexibility index (Phi) is 6.02. The third-order valence-electron chi connectivity index (χ3n) is 4.59. The highest BCUT2D eigenvalue weighted by atomic mass is 35.5. The van der Waals surface area contributed by atoms with E-state index in [1.165, 1.54) is 31.4 Å². The molecule has 0 saturated heterocycles. The van der Waals surface area contributed by atoms with E-state index in [0.29, 0.717) is 22.6 Å².